The molecule has 1 atom stereocenters. The quantitative estimate of drug-likeness (QED) is 0.471. The third kappa shape index (κ3) is 3.17. The van der Waals surface area contributed by atoms with E-state index in [9.17, 15) is 20.2 Å². The van der Waals surface area contributed by atoms with Crippen LogP contribution in [0.1, 0.15) is 35.1 Å². The molecule has 2 aromatic rings. The summed E-state index contributed by atoms with van der Waals surface area (Å²) in [7, 11) is 1.78. The summed E-state index contributed by atoms with van der Waals surface area (Å²) in [5.74, 6) is -0.995. The van der Waals surface area contributed by atoms with Gasteiger partial charge in [0.15, 0.2) is 5.69 Å². The van der Waals surface area contributed by atoms with Crippen LogP contribution in [0.5, 0.6) is 5.75 Å². The predicted molar refractivity (Wildman–Crippen MR) is 74.5 cm³/mol. The molecular formula is C15H19ClN2O4. The Morgan fingerprint density at radius 2 is 2.00 bits per heavy atom. The molecule has 6 nitrogen and oxygen atoms in total. The highest BCUT2D eigenvalue weighted by Gasteiger charge is 2.34. The third-order valence-corrected chi connectivity index (χ3v) is 3.87. The van der Waals surface area contributed by atoms with Gasteiger partial charge in [-0.05, 0) is 22.4 Å². The molecular weight excluding hydrogens is 308 g/mol. The van der Waals surface area contributed by atoms with E-state index in [1.54, 1.807) is 30.7 Å². The van der Waals surface area contributed by atoms with Gasteiger partial charge >= 0.3 is 11.8 Å². The number of benzene rings is 1. The predicted octanol–water partition coefficient (Wildman–Crippen LogP) is -1.52. The fourth-order valence-corrected chi connectivity index (χ4v) is 2.54. The van der Waals surface area contributed by atoms with Crippen molar-refractivity contribution >= 4 is 5.97 Å². The van der Waals surface area contributed by atoms with Crippen LogP contribution in [0.25, 0.3) is 0 Å². The van der Waals surface area contributed by atoms with Crippen molar-refractivity contribution in [1.82, 2.24) is 4.73 Å². The van der Waals surface area contributed by atoms with Gasteiger partial charge in [0, 0.05) is 13.8 Å². The molecule has 0 spiro atoms. The number of carboxylic acids is 1. The molecule has 2 rings (SSSR count). The molecule has 0 amide bonds. The maximum Gasteiger partial charge on any atom is 0.304 e. The molecule has 0 radical (unpaired) electrons. The Bertz CT molecular complexity index is 672. The van der Waals surface area contributed by atoms with Crippen LogP contribution in [-0.2, 0) is 11.8 Å². The molecule has 22 heavy (non-hydrogen) atoms. The Kier molecular flexibility index (Phi) is 5.43. The second kappa shape index (κ2) is 6.70. The van der Waals surface area contributed by atoms with Gasteiger partial charge in [-0.25, -0.2) is 4.57 Å². The van der Waals surface area contributed by atoms with Gasteiger partial charge in [-0.15, -0.1) is 0 Å². The minimum atomic E-state index is -0.972. The minimum absolute atomic E-state index is 0. The van der Waals surface area contributed by atoms with Gasteiger partial charge in [0.1, 0.15) is 11.4 Å². The number of phenols is 1. The number of hydrogen-bond acceptors (Lipinski definition) is 3. The summed E-state index contributed by atoms with van der Waals surface area (Å²) < 4.78 is 2.79. The molecule has 0 fully saturated rings. The molecule has 1 aromatic carbocycles. The molecule has 3 N–H and O–H groups in total. The number of carboxylic acid groups (broad SMARTS) is 1. The summed E-state index contributed by atoms with van der Waals surface area (Å²) in [4.78, 5) is 11.2. The number of hydrogen-bond donors (Lipinski definition) is 3. The number of aromatic nitrogens is 2. The topological polar surface area (TPSA) is 86.6 Å². The van der Waals surface area contributed by atoms with Crippen LogP contribution in [0.2, 0.25) is 0 Å². The van der Waals surface area contributed by atoms with Crippen LogP contribution in [0.15, 0.2) is 24.3 Å². The average Bonchev–Trinajstić information content (AvgIpc) is 2.61. The van der Waals surface area contributed by atoms with E-state index in [1.165, 1.54) is 12.1 Å². The molecule has 7 heteroatoms. The number of phenolic OH excluding ortho intramolecular Hbond substituents is 1. The molecule has 0 aliphatic rings. The van der Waals surface area contributed by atoms with E-state index < -0.39 is 11.9 Å². The summed E-state index contributed by atoms with van der Waals surface area (Å²) in [6.45, 7) is 3.62. The first-order valence-corrected chi connectivity index (χ1v) is 6.60. The van der Waals surface area contributed by atoms with E-state index in [-0.39, 0.29) is 24.6 Å². The third-order valence-electron chi connectivity index (χ3n) is 3.87. The summed E-state index contributed by atoms with van der Waals surface area (Å²) in [5.41, 5.74) is 2.15. The molecule has 1 heterocycles. The molecule has 1 unspecified atom stereocenters. The Morgan fingerprint density at radius 3 is 2.45 bits per heavy atom. The van der Waals surface area contributed by atoms with Crippen molar-refractivity contribution in [3.8, 4) is 5.75 Å². The first kappa shape index (κ1) is 17.8. The number of imidazole rings is 1. The van der Waals surface area contributed by atoms with Crippen molar-refractivity contribution in [3.05, 3.63) is 47.0 Å². The average molecular weight is 327 g/mol. The van der Waals surface area contributed by atoms with Gasteiger partial charge < -0.3 is 27.8 Å². The summed E-state index contributed by atoms with van der Waals surface area (Å²) >= 11 is 0. The lowest BCUT2D eigenvalue weighted by Crippen LogP contribution is -3.00. The van der Waals surface area contributed by atoms with Crippen LogP contribution in [-0.4, -0.2) is 26.1 Å². The van der Waals surface area contributed by atoms with Gasteiger partial charge in [0.05, 0.1) is 19.4 Å². The van der Waals surface area contributed by atoms with Crippen LogP contribution >= 0.6 is 0 Å². The molecule has 0 saturated carbocycles. The van der Waals surface area contributed by atoms with Crippen molar-refractivity contribution < 1.29 is 37.2 Å². The number of rotatable bonds is 4. The van der Waals surface area contributed by atoms with Gasteiger partial charge in [-0.1, -0.05) is 12.1 Å². The zero-order valence-corrected chi connectivity index (χ0v) is 13.4. The molecule has 0 aliphatic heterocycles. The van der Waals surface area contributed by atoms with Gasteiger partial charge in [0.2, 0.25) is 0 Å². The van der Waals surface area contributed by atoms with Crippen molar-refractivity contribution in [2.24, 2.45) is 7.05 Å². The maximum atomic E-state index is 11.2. The monoisotopic (exact) mass is 326 g/mol. The van der Waals surface area contributed by atoms with Crippen LogP contribution in [0.4, 0.5) is 0 Å². The molecule has 0 bridgehead atoms. The normalized spacial score (nSPS) is 11.8. The largest absolute Gasteiger partial charge is 1.00 e. The zero-order valence-electron chi connectivity index (χ0n) is 12.6. The first-order chi connectivity index (χ1) is 9.82. The van der Waals surface area contributed by atoms with Crippen molar-refractivity contribution in [3.63, 3.8) is 0 Å². The van der Waals surface area contributed by atoms with Gasteiger partial charge in [-0.2, -0.15) is 0 Å². The van der Waals surface area contributed by atoms with E-state index >= 15 is 0 Å². The standard InChI is InChI=1S/C15H18N2O4.ClH/c1-9-10(2)17(21)15(16(9)3)13(8-14(19)20)11-5-4-6-12(18)7-11;/h4-7,13H,8H2,1-3H3,(H2-,18,19,20,21);1H. The Labute approximate surface area is 134 Å². The highest BCUT2D eigenvalue weighted by molar-refractivity contribution is 5.68. The smallest absolute Gasteiger partial charge is 0.304 e. The van der Waals surface area contributed by atoms with Crippen LogP contribution in [0, 0.1) is 13.8 Å². The molecule has 0 saturated heterocycles. The summed E-state index contributed by atoms with van der Waals surface area (Å²) in [6, 6.07) is 6.44. The number of aromatic hydroxyl groups is 1. The van der Waals surface area contributed by atoms with E-state index in [0.29, 0.717) is 17.1 Å². The first-order valence-electron chi connectivity index (χ1n) is 6.60. The highest BCUT2D eigenvalue weighted by atomic mass is 35.5. The van der Waals surface area contributed by atoms with Crippen LogP contribution in [0.3, 0.4) is 0 Å². The second-order valence-corrected chi connectivity index (χ2v) is 5.15. The SMILES string of the molecule is Cc1c(C)[n+](C)c(C(CC(=O)O)c2cccc(O)c2)n1O.[Cl-]. The summed E-state index contributed by atoms with van der Waals surface area (Å²) in [6.07, 6.45) is -0.180. The van der Waals surface area contributed by atoms with Crippen molar-refractivity contribution in [1.29, 1.82) is 0 Å². The van der Waals surface area contributed by atoms with Gasteiger partial charge in [-0.3, -0.25) is 4.79 Å². The van der Waals surface area contributed by atoms with E-state index in [4.69, 9.17) is 0 Å². The number of halogens is 1. The van der Waals surface area contributed by atoms with E-state index in [1.807, 2.05) is 6.92 Å². The Balaban J connectivity index is 0.00000242. The van der Waals surface area contributed by atoms with Crippen molar-refractivity contribution in [2.75, 3.05) is 0 Å². The maximum absolute atomic E-state index is 11.2. The fourth-order valence-electron chi connectivity index (χ4n) is 2.54. The van der Waals surface area contributed by atoms with E-state index in [2.05, 4.69) is 0 Å². The number of aliphatic carboxylic acids is 1. The Hall–Kier alpha value is -2.21. The fraction of sp³-hybridized carbons (Fsp3) is 0.333. The lowest BCUT2D eigenvalue weighted by molar-refractivity contribution is -0.686. The minimum Gasteiger partial charge on any atom is -1.00 e. The molecule has 0 aliphatic carbocycles. The number of carbonyl (C=O) groups is 1. The van der Waals surface area contributed by atoms with Crippen molar-refractivity contribution in [2.45, 2.75) is 26.2 Å². The van der Waals surface area contributed by atoms with Crippen LogP contribution < -0.4 is 17.0 Å². The second-order valence-electron chi connectivity index (χ2n) is 5.15. The van der Waals surface area contributed by atoms with E-state index in [0.717, 1.165) is 10.4 Å². The zero-order chi connectivity index (χ0) is 15.7. The summed E-state index contributed by atoms with van der Waals surface area (Å²) in [5, 5.41) is 29.0. The lowest BCUT2D eigenvalue weighted by Gasteiger charge is -2.12. The lowest BCUT2D eigenvalue weighted by atomic mass is 9.94. The highest BCUT2D eigenvalue weighted by Crippen LogP contribution is 2.29. The van der Waals surface area contributed by atoms with Gasteiger partial charge in [0.25, 0.3) is 0 Å². The Morgan fingerprint density at radius 1 is 1.36 bits per heavy atom. The number of nitrogens with zero attached hydrogens (tertiary/aromatic N) is 2. The molecule has 1 aromatic heterocycles. The molecule has 120 valence electrons.